The van der Waals surface area contributed by atoms with E-state index in [1.807, 2.05) is 38.1 Å². The van der Waals surface area contributed by atoms with Crippen LogP contribution in [0.5, 0.6) is 5.88 Å². The SMILES string of the molecule is CC(C)NCCOc1ncc(-c2cc3c4c(cnc3cc2F)N(C)C(=O)C42CN(c3ccc(Cl)cc3)C2)cc1NS(C)(=O)=O.Cl. The molecular formula is C31H33Cl2FN6O4S. The molecule has 0 atom stereocenters. The number of anilines is 3. The van der Waals surface area contributed by atoms with Crippen LogP contribution in [0, 0.1) is 5.82 Å². The van der Waals surface area contributed by atoms with Crippen molar-refractivity contribution in [3.05, 3.63) is 71.3 Å². The number of halogens is 3. The molecule has 1 amide bonds. The number of sulfonamides is 1. The highest BCUT2D eigenvalue weighted by atomic mass is 35.5. The zero-order valence-corrected chi connectivity index (χ0v) is 27.5. The lowest BCUT2D eigenvalue weighted by molar-refractivity contribution is -0.123. The molecule has 14 heteroatoms. The second-order valence-electron chi connectivity index (χ2n) is 11.6. The molecule has 0 saturated carbocycles. The van der Waals surface area contributed by atoms with Crippen LogP contribution in [0.3, 0.4) is 0 Å². The molecule has 2 aromatic carbocycles. The van der Waals surface area contributed by atoms with Crippen molar-refractivity contribution in [2.24, 2.45) is 0 Å². The predicted octanol–water partition coefficient (Wildman–Crippen LogP) is 4.99. The Morgan fingerprint density at radius 1 is 1.11 bits per heavy atom. The highest BCUT2D eigenvalue weighted by Crippen LogP contribution is 2.51. The van der Waals surface area contributed by atoms with Crippen LogP contribution in [0.15, 0.2) is 54.9 Å². The summed E-state index contributed by atoms with van der Waals surface area (Å²) in [6, 6.07) is 12.2. The third kappa shape index (κ3) is 6.11. The second kappa shape index (κ2) is 12.2. The van der Waals surface area contributed by atoms with E-state index in [0.29, 0.717) is 46.8 Å². The summed E-state index contributed by atoms with van der Waals surface area (Å²) >= 11 is 6.07. The van der Waals surface area contributed by atoms with Crippen molar-refractivity contribution in [3.63, 3.8) is 0 Å². The summed E-state index contributed by atoms with van der Waals surface area (Å²) in [4.78, 5) is 26.2. The number of fused-ring (bicyclic) bond motifs is 4. The molecule has 2 N–H and O–H groups in total. The minimum absolute atomic E-state index is 0. The van der Waals surface area contributed by atoms with Crippen LogP contribution < -0.4 is 24.6 Å². The third-order valence-electron chi connectivity index (χ3n) is 7.95. The Kier molecular flexibility index (Phi) is 8.89. The molecule has 2 aliphatic heterocycles. The average molecular weight is 676 g/mol. The zero-order chi connectivity index (χ0) is 31.4. The molecule has 1 fully saturated rings. The first-order valence-electron chi connectivity index (χ1n) is 14.1. The van der Waals surface area contributed by atoms with E-state index < -0.39 is 21.3 Å². The zero-order valence-electron chi connectivity index (χ0n) is 25.1. The number of pyridine rings is 2. The van der Waals surface area contributed by atoms with Crippen molar-refractivity contribution in [1.29, 1.82) is 0 Å². The molecule has 45 heavy (non-hydrogen) atoms. The van der Waals surface area contributed by atoms with E-state index >= 15 is 4.39 Å². The Morgan fingerprint density at radius 3 is 2.49 bits per heavy atom. The summed E-state index contributed by atoms with van der Waals surface area (Å²) in [6.07, 6.45) is 4.08. The first kappa shape index (κ1) is 32.7. The lowest BCUT2D eigenvalue weighted by Crippen LogP contribution is -2.64. The summed E-state index contributed by atoms with van der Waals surface area (Å²) in [6.45, 7) is 5.67. The van der Waals surface area contributed by atoms with E-state index in [-0.39, 0.29) is 48.1 Å². The standard InChI is InChI=1S/C31H32ClFN6O4S.ClH/c1-18(2)34-9-10-43-29-26(37-44(4,41)42)11-19(14-36-29)22-12-23-25(13-24(22)33)35-15-27-28(23)31(30(40)38(27)3)16-39(17-31)21-7-5-20(32)6-8-21;/h5-8,11-15,18,34,37H,9-10,16-17H2,1-4H3;1H. The number of carbonyl (C=O) groups excluding carboxylic acids is 1. The van der Waals surface area contributed by atoms with E-state index in [1.165, 1.54) is 18.3 Å². The number of benzene rings is 2. The number of rotatable bonds is 9. The van der Waals surface area contributed by atoms with E-state index in [0.717, 1.165) is 17.5 Å². The van der Waals surface area contributed by atoms with Crippen LogP contribution in [0.4, 0.5) is 21.5 Å². The normalized spacial score (nSPS) is 15.3. The number of likely N-dealkylation sites (N-methyl/N-ethyl adjacent to an activating group) is 1. The number of hydrogen-bond acceptors (Lipinski definition) is 8. The first-order chi connectivity index (χ1) is 20.9. The van der Waals surface area contributed by atoms with Gasteiger partial charge in [0, 0.05) is 77.8 Å². The Hall–Kier alpha value is -3.71. The minimum atomic E-state index is -3.69. The fourth-order valence-electron chi connectivity index (χ4n) is 5.93. The number of aromatic nitrogens is 2. The average Bonchev–Trinajstić information content (AvgIpc) is 3.17. The molecule has 0 unspecified atom stereocenters. The molecule has 2 aliphatic rings. The van der Waals surface area contributed by atoms with E-state index in [2.05, 4.69) is 24.9 Å². The Bertz CT molecular complexity index is 1890. The smallest absolute Gasteiger partial charge is 0.241 e. The molecule has 0 radical (unpaired) electrons. The van der Waals surface area contributed by atoms with Crippen molar-refractivity contribution >= 4 is 67.9 Å². The number of nitrogens with zero attached hydrogens (tertiary/aromatic N) is 4. The fraction of sp³-hybridized carbons (Fsp3) is 0.323. The molecule has 0 aliphatic carbocycles. The molecule has 238 valence electrons. The summed E-state index contributed by atoms with van der Waals surface area (Å²) in [5.74, 6) is -0.529. The van der Waals surface area contributed by atoms with Crippen molar-refractivity contribution in [1.82, 2.24) is 15.3 Å². The van der Waals surface area contributed by atoms with Crippen LogP contribution in [0.25, 0.3) is 22.0 Å². The van der Waals surface area contributed by atoms with Gasteiger partial charge in [-0.25, -0.2) is 17.8 Å². The van der Waals surface area contributed by atoms with Gasteiger partial charge in [0.05, 0.1) is 23.7 Å². The summed E-state index contributed by atoms with van der Waals surface area (Å²) in [5.41, 5.74) is 2.62. The number of amides is 1. The van der Waals surface area contributed by atoms with Gasteiger partial charge in [-0.3, -0.25) is 14.5 Å². The highest BCUT2D eigenvalue weighted by molar-refractivity contribution is 7.92. The van der Waals surface area contributed by atoms with Gasteiger partial charge in [0.25, 0.3) is 0 Å². The Morgan fingerprint density at radius 2 is 1.82 bits per heavy atom. The lowest BCUT2D eigenvalue weighted by Gasteiger charge is -2.48. The minimum Gasteiger partial charge on any atom is -0.475 e. The van der Waals surface area contributed by atoms with Crippen LogP contribution in [-0.4, -0.2) is 69.9 Å². The molecular weight excluding hydrogens is 642 g/mol. The van der Waals surface area contributed by atoms with Gasteiger partial charge < -0.3 is 19.9 Å². The fourth-order valence-corrected chi connectivity index (χ4v) is 6.61. The lowest BCUT2D eigenvalue weighted by atomic mass is 9.73. The molecule has 6 rings (SSSR count). The molecule has 10 nitrogen and oxygen atoms in total. The van der Waals surface area contributed by atoms with Gasteiger partial charge in [0.15, 0.2) is 0 Å². The Labute approximate surface area is 272 Å². The maximum Gasteiger partial charge on any atom is 0.241 e. The topological polar surface area (TPSA) is 117 Å². The second-order valence-corrected chi connectivity index (χ2v) is 13.7. The van der Waals surface area contributed by atoms with E-state index in [4.69, 9.17) is 16.3 Å². The van der Waals surface area contributed by atoms with Crippen LogP contribution >= 0.6 is 24.0 Å². The maximum absolute atomic E-state index is 15.7. The van der Waals surface area contributed by atoms with Gasteiger partial charge in [-0.1, -0.05) is 25.4 Å². The van der Waals surface area contributed by atoms with Crippen molar-refractivity contribution < 1.29 is 22.3 Å². The molecule has 1 spiro atoms. The van der Waals surface area contributed by atoms with Gasteiger partial charge in [-0.15, -0.1) is 12.4 Å². The summed E-state index contributed by atoms with van der Waals surface area (Å²) in [7, 11) is -1.97. The van der Waals surface area contributed by atoms with Gasteiger partial charge >= 0.3 is 0 Å². The maximum atomic E-state index is 15.7. The van der Waals surface area contributed by atoms with Crippen LogP contribution in [0.2, 0.25) is 5.02 Å². The quantitative estimate of drug-likeness (QED) is 0.239. The highest BCUT2D eigenvalue weighted by Gasteiger charge is 2.58. The van der Waals surface area contributed by atoms with Gasteiger partial charge in [0.1, 0.15) is 23.5 Å². The summed E-state index contributed by atoms with van der Waals surface area (Å²) in [5, 5.41) is 4.49. The largest absolute Gasteiger partial charge is 0.475 e. The van der Waals surface area contributed by atoms with E-state index in [9.17, 15) is 13.2 Å². The van der Waals surface area contributed by atoms with Crippen LogP contribution in [0.1, 0.15) is 19.4 Å². The third-order valence-corrected chi connectivity index (χ3v) is 8.80. The number of carbonyl (C=O) groups is 1. The molecule has 4 heterocycles. The number of hydrogen-bond donors (Lipinski definition) is 2. The van der Waals surface area contributed by atoms with Crippen molar-refractivity contribution in [3.8, 4) is 17.0 Å². The molecule has 4 aromatic rings. The first-order valence-corrected chi connectivity index (χ1v) is 16.4. The predicted molar refractivity (Wildman–Crippen MR) is 178 cm³/mol. The molecule has 2 aromatic heterocycles. The number of nitrogens with one attached hydrogen (secondary N) is 2. The van der Waals surface area contributed by atoms with Crippen molar-refractivity contribution in [2.75, 3.05) is 54.1 Å². The van der Waals surface area contributed by atoms with E-state index in [1.54, 1.807) is 24.2 Å². The van der Waals surface area contributed by atoms with Gasteiger partial charge in [-0.2, -0.15) is 0 Å². The number of ether oxygens (including phenoxy) is 1. The van der Waals surface area contributed by atoms with Gasteiger partial charge in [0.2, 0.25) is 21.8 Å². The molecule has 0 bridgehead atoms. The van der Waals surface area contributed by atoms with Crippen LogP contribution in [-0.2, 0) is 20.2 Å². The molecule has 1 saturated heterocycles. The van der Waals surface area contributed by atoms with Gasteiger partial charge in [-0.05, 0) is 36.4 Å². The van der Waals surface area contributed by atoms with Crippen molar-refractivity contribution in [2.45, 2.75) is 25.3 Å². The Balaban J connectivity index is 0.00000400. The summed E-state index contributed by atoms with van der Waals surface area (Å²) < 4.78 is 48.2. The monoisotopic (exact) mass is 674 g/mol.